The monoisotopic (exact) mass is 250 g/mol. The van der Waals surface area contributed by atoms with Crippen LogP contribution < -0.4 is 10.9 Å². The smallest absolute Gasteiger partial charge is 0.328 e. The van der Waals surface area contributed by atoms with Gasteiger partial charge in [-0.15, -0.1) is 0 Å². The minimum atomic E-state index is -1.28. The number of para-hydroxylation sites is 1. The number of hydrogen-bond donors (Lipinski definition) is 4. The van der Waals surface area contributed by atoms with Crippen LogP contribution in [0.3, 0.4) is 0 Å². The first-order valence-corrected chi connectivity index (χ1v) is 4.80. The van der Waals surface area contributed by atoms with Gasteiger partial charge in [0.2, 0.25) is 0 Å². The molecule has 7 nitrogen and oxygen atoms in total. The summed E-state index contributed by atoms with van der Waals surface area (Å²) in [5.41, 5.74) is 3.97. The second-order valence-corrected chi connectivity index (χ2v) is 3.13. The van der Waals surface area contributed by atoms with Gasteiger partial charge in [-0.25, -0.2) is 4.79 Å². The molecule has 0 aliphatic carbocycles. The third kappa shape index (κ3) is 3.97. The summed E-state index contributed by atoms with van der Waals surface area (Å²) in [6.07, 6.45) is 1.37. The van der Waals surface area contributed by atoms with Crippen LogP contribution in [0.15, 0.2) is 36.4 Å². The maximum atomic E-state index is 11.5. The van der Waals surface area contributed by atoms with Crippen molar-refractivity contribution in [3.63, 3.8) is 0 Å². The molecule has 0 spiro atoms. The van der Waals surface area contributed by atoms with E-state index in [0.717, 1.165) is 6.08 Å². The number of hydrogen-bond acceptors (Lipinski definition) is 4. The quantitative estimate of drug-likeness (QED) is 0.437. The normalized spacial score (nSPS) is 10.0. The summed E-state index contributed by atoms with van der Waals surface area (Å²) in [6.45, 7) is 0. The number of nitrogens with one attached hydrogen (secondary N) is 2. The van der Waals surface area contributed by atoms with Crippen molar-refractivity contribution in [2.75, 3.05) is 0 Å². The number of benzene rings is 1. The minimum Gasteiger partial charge on any atom is -0.507 e. The molecule has 0 saturated heterocycles. The second-order valence-electron chi connectivity index (χ2n) is 3.13. The van der Waals surface area contributed by atoms with Crippen molar-refractivity contribution in [3.8, 4) is 5.75 Å². The Kier molecular flexibility index (Phi) is 4.44. The zero-order valence-electron chi connectivity index (χ0n) is 9.08. The molecule has 2 amide bonds. The van der Waals surface area contributed by atoms with E-state index in [4.69, 9.17) is 5.11 Å². The highest BCUT2D eigenvalue weighted by atomic mass is 16.4. The average Bonchev–Trinajstić information content (AvgIpc) is 2.34. The largest absolute Gasteiger partial charge is 0.507 e. The highest BCUT2D eigenvalue weighted by Crippen LogP contribution is 2.14. The molecule has 0 aromatic heterocycles. The molecule has 4 N–H and O–H groups in total. The summed E-state index contributed by atoms with van der Waals surface area (Å²) in [5.74, 6) is -3.03. The van der Waals surface area contributed by atoms with E-state index in [2.05, 4.69) is 0 Å². The maximum Gasteiger partial charge on any atom is 0.328 e. The molecule has 1 aromatic carbocycles. The first-order chi connectivity index (χ1) is 8.50. The molecular weight excluding hydrogens is 240 g/mol. The van der Waals surface area contributed by atoms with Crippen LogP contribution in [0, 0.1) is 0 Å². The van der Waals surface area contributed by atoms with E-state index in [1.54, 1.807) is 12.1 Å². The molecule has 94 valence electrons. The summed E-state index contributed by atoms with van der Waals surface area (Å²) in [4.78, 5) is 32.6. The van der Waals surface area contributed by atoms with Gasteiger partial charge >= 0.3 is 5.97 Å². The number of carbonyl (C=O) groups excluding carboxylic acids is 2. The van der Waals surface area contributed by atoms with Crippen LogP contribution in [0.1, 0.15) is 10.4 Å². The lowest BCUT2D eigenvalue weighted by atomic mass is 10.2. The minimum absolute atomic E-state index is 0.0139. The molecule has 1 rings (SSSR count). The van der Waals surface area contributed by atoms with Crippen LogP contribution in [-0.4, -0.2) is 28.0 Å². The Bertz CT molecular complexity index is 510. The zero-order valence-corrected chi connectivity index (χ0v) is 9.08. The van der Waals surface area contributed by atoms with E-state index in [0.29, 0.717) is 6.08 Å². The van der Waals surface area contributed by atoms with E-state index < -0.39 is 17.8 Å². The molecule has 0 heterocycles. The number of amides is 2. The van der Waals surface area contributed by atoms with Gasteiger partial charge in [0.05, 0.1) is 5.56 Å². The number of aliphatic carboxylic acids is 1. The molecule has 0 aliphatic rings. The van der Waals surface area contributed by atoms with Crippen LogP contribution in [0.25, 0.3) is 0 Å². The van der Waals surface area contributed by atoms with Gasteiger partial charge in [-0.05, 0) is 12.1 Å². The standard InChI is InChI=1S/C11H10N2O5/c14-8-4-2-1-3-7(8)11(18)13-12-9(15)5-6-10(16)17/h1-6,14H,(H,12,15)(H,13,18)(H,16,17)/b6-5-. The van der Waals surface area contributed by atoms with Crippen LogP contribution in [0.2, 0.25) is 0 Å². The van der Waals surface area contributed by atoms with Crippen molar-refractivity contribution in [2.45, 2.75) is 0 Å². The molecule has 0 radical (unpaired) electrons. The van der Waals surface area contributed by atoms with E-state index >= 15 is 0 Å². The van der Waals surface area contributed by atoms with Crippen molar-refractivity contribution in [3.05, 3.63) is 42.0 Å². The Morgan fingerprint density at radius 2 is 1.72 bits per heavy atom. The van der Waals surface area contributed by atoms with Gasteiger partial charge in [0.15, 0.2) is 0 Å². The topological polar surface area (TPSA) is 116 Å². The average molecular weight is 250 g/mol. The summed E-state index contributed by atoms with van der Waals surface area (Å²) in [5, 5.41) is 17.6. The van der Waals surface area contributed by atoms with Gasteiger partial charge in [0.25, 0.3) is 11.8 Å². The van der Waals surface area contributed by atoms with E-state index in [1.165, 1.54) is 12.1 Å². The summed E-state index contributed by atoms with van der Waals surface area (Å²) >= 11 is 0. The number of rotatable bonds is 3. The van der Waals surface area contributed by atoms with Gasteiger partial charge in [-0.2, -0.15) is 0 Å². The van der Waals surface area contributed by atoms with Crippen LogP contribution in [-0.2, 0) is 9.59 Å². The van der Waals surface area contributed by atoms with Crippen molar-refractivity contribution in [2.24, 2.45) is 0 Å². The lowest BCUT2D eigenvalue weighted by molar-refractivity contribution is -0.131. The highest BCUT2D eigenvalue weighted by molar-refractivity contribution is 5.99. The van der Waals surface area contributed by atoms with Crippen molar-refractivity contribution >= 4 is 17.8 Å². The number of hydrazine groups is 1. The number of phenols is 1. The summed E-state index contributed by atoms with van der Waals surface area (Å²) in [7, 11) is 0. The number of carboxylic acids is 1. The van der Waals surface area contributed by atoms with Crippen LogP contribution in [0.4, 0.5) is 0 Å². The molecule has 1 aromatic rings. The Balaban J connectivity index is 2.55. The van der Waals surface area contributed by atoms with E-state index in [9.17, 15) is 19.5 Å². The van der Waals surface area contributed by atoms with E-state index in [1.807, 2.05) is 10.9 Å². The fourth-order valence-electron chi connectivity index (χ4n) is 1.04. The van der Waals surface area contributed by atoms with Gasteiger partial charge in [0.1, 0.15) is 5.75 Å². The van der Waals surface area contributed by atoms with Gasteiger partial charge in [0, 0.05) is 12.2 Å². The Morgan fingerprint density at radius 3 is 2.33 bits per heavy atom. The lowest BCUT2D eigenvalue weighted by Gasteiger charge is -2.06. The number of carboxylic acid groups (broad SMARTS) is 1. The molecule has 7 heteroatoms. The summed E-state index contributed by atoms with van der Waals surface area (Å²) < 4.78 is 0. The molecule has 0 saturated carbocycles. The van der Waals surface area contributed by atoms with Crippen molar-refractivity contribution in [1.82, 2.24) is 10.9 Å². The molecule has 0 aliphatic heterocycles. The van der Waals surface area contributed by atoms with Crippen LogP contribution >= 0.6 is 0 Å². The van der Waals surface area contributed by atoms with E-state index in [-0.39, 0.29) is 11.3 Å². The Morgan fingerprint density at radius 1 is 1.06 bits per heavy atom. The van der Waals surface area contributed by atoms with Crippen LogP contribution in [0.5, 0.6) is 5.75 Å². The zero-order chi connectivity index (χ0) is 13.5. The molecule has 0 atom stereocenters. The van der Waals surface area contributed by atoms with Gasteiger partial charge in [-0.3, -0.25) is 20.4 Å². The molecule has 0 bridgehead atoms. The summed E-state index contributed by atoms with van der Waals surface area (Å²) in [6, 6.07) is 5.77. The molecule has 0 unspecified atom stereocenters. The lowest BCUT2D eigenvalue weighted by Crippen LogP contribution is -2.40. The molecule has 18 heavy (non-hydrogen) atoms. The number of phenolic OH excluding ortho intramolecular Hbond substituents is 1. The predicted molar refractivity (Wildman–Crippen MR) is 60.5 cm³/mol. The Labute approximate surface area is 102 Å². The SMILES string of the molecule is O=C(O)/C=C\C(=O)NNC(=O)c1ccccc1O. The second kappa shape index (κ2) is 6.04. The third-order valence-corrected chi connectivity index (χ3v) is 1.83. The highest BCUT2D eigenvalue weighted by Gasteiger charge is 2.09. The Hall–Kier alpha value is -2.83. The maximum absolute atomic E-state index is 11.5. The fraction of sp³-hybridized carbons (Fsp3) is 0. The molecule has 0 fully saturated rings. The molecular formula is C11H10N2O5. The number of carbonyl (C=O) groups is 3. The van der Waals surface area contributed by atoms with Gasteiger partial charge in [-0.1, -0.05) is 12.1 Å². The third-order valence-electron chi connectivity index (χ3n) is 1.83. The van der Waals surface area contributed by atoms with Crippen molar-refractivity contribution in [1.29, 1.82) is 0 Å². The first-order valence-electron chi connectivity index (χ1n) is 4.80. The predicted octanol–water partition coefficient (Wildman–Crippen LogP) is -0.206. The van der Waals surface area contributed by atoms with Crippen molar-refractivity contribution < 1.29 is 24.6 Å². The van der Waals surface area contributed by atoms with Gasteiger partial charge < -0.3 is 10.2 Å². The fourth-order valence-corrected chi connectivity index (χ4v) is 1.04. The first kappa shape index (κ1) is 13.2. The number of aromatic hydroxyl groups is 1.